The Morgan fingerprint density at radius 3 is 2.78 bits per heavy atom. The van der Waals surface area contributed by atoms with Crippen LogP contribution in [0, 0.1) is 10.1 Å². The van der Waals surface area contributed by atoms with Gasteiger partial charge in [0.2, 0.25) is 0 Å². The number of methoxy groups -OCH3 is 1. The number of benzene rings is 1. The van der Waals surface area contributed by atoms with E-state index in [0.717, 1.165) is 36.1 Å². The van der Waals surface area contributed by atoms with Crippen LogP contribution in [0.2, 0.25) is 5.02 Å². The van der Waals surface area contributed by atoms with Gasteiger partial charge in [0, 0.05) is 17.0 Å². The molecule has 0 unspecified atom stereocenters. The van der Waals surface area contributed by atoms with Crippen LogP contribution in [0.5, 0.6) is 0 Å². The SMILES string of the molecule is COC(=O)c1c(NC(=S)Nc2cc([N+](=O)[O-])ccc2Cl)sc2c1CCCC2. The topological polar surface area (TPSA) is 93.5 Å². The predicted molar refractivity (Wildman–Crippen MR) is 110 cm³/mol. The van der Waals surface area contributed by atoms with Crippen LogP contribution in [0.4, 0.5) is 16.4 Å². The molecule has 1 aromatic carbocycles. The first-order valence-corrected chi connectivity index (χ1v) is 9.75. The van der Waals surface area contributed by atoms with Crippen molar-refractivity contribution in [2.45, 2.75) is 25.7 Å². The first kappa shape index (κ1) is 19.5. The lowest BCUT2D eigenvalue weighted by molar-refractivity contribution is -0.384. The number of hydrogen-bond acceptors (Lipinski definition) is 6. The predicted octanol–water partition coefficient (Wildman–Crippen LogP) is 4.78. The monoisotopic (exact) mass is 425 g/mol. The Balaban J connectivity index is 1.84. The van der Waals surface area contributed by atoms with Crippen molar-refractivity contribution in [3.63, 3.8) is 0 Å². The molecule has 142 valence electrons. The van der Waals surface area contributed by atoms with Crippen molar-refractivity contribution in [3.05, 3.63) is 49.3 Å². The van der Waals surface area contributed by atoms with E-state index in [4.69, 9.17) is 28.6 Å². The van der Waals surface area contributed by atoms with Crippen LogP contribution in [0.15, 0.2) is 18.2 Å². The standard InChI is InChI=1S/C17H16ClN3O4S2/c1-25-16(22)14-10-4-2-3-5-13(10)27-15(14)20-17(26)19-12-8-9(21(23)24)6-7-11(12)18/h6-8H,2-5H2,1H3,(H2,19,20,26). The fourth-order valence-electron chi connectivity index (χ4n) is 2.95. The number of aryl methyl sites for hydroxylation is 1. The van der Waals surface area contributed by atoms with Gasteiger partial charge in [0.1, 0.15) is 5.00 Å². The van der Waals surface area contributed by atoms with Gasteiger partial charge in [-0.15, -0.1) is 11.3 Å². The Morgan fingerprint density at radius 2 is 2.07 bits per heavy atom. The molecule has 3 rings (SSSR count). The number of nitro benzene ring substituents is 1. The number of thiophene rings is 1. The molecular weight excluding hydrogens is 410 g/mol. The highest BCUT2D eigenvalue weighted by Crippen LogP contribution is 2.38. The second kappa shape index (κ2) is 8.20. The maximum atomic E-state index is 12.3. The lowest BCUT2D eigenvalue weighted by Crippen LogP contribution is -2.20. The van der Waals surface area contributed by atoms with Gasteiger partial charge in [-0.3, -0.25) is 10.1 Å². The van der Waals surface area contributed by atoms with Crippen molar-refractivity contribution >= 4 is 62.6 Å². The fourth-order valence-corrected chi connectivity index (χ4v) is 4.67. The van der Waals surface area contributed by atoms with Crippen molar-refractivity contribution in [1.29, 1.82) is 0 Å². The number of halogens is 1. The zero-order valence-corrected chi connectivity index (χ0v) is 16.7. The van der Waals surface area contributed by atoms with E-state index in [0.29, 0.717) is 21.3 Å². The maximum absolute atomic E-state index is 12.3. The molecule has 0 fully saturated rings. The molecular formula is C17H16ClN3O4S2. The van der Waals surface area contributed by atoms with Crippen molar-refractivity contribution in [2.24, 2.45) is 0 Å². The number of non-ortho nitro benzene ring substituents is 1. The zero-order chi connectivity index (χ0) is 19.6. The third kappa shape index (κ3) is 4.20. The summed E-state index contributed by atoms with van der Waals surface area (Å²) in [6.45, 7) is 0. The van der Waals surface area contributed by atoms with Crippen LogP contribution < -0.4 is 10.6 Å². The number of esters is 1. The summed E-state index contributed by atoms with van der Waals surface area (Å²) in [6.07, 6.45) is 3.86. The minimum atomic E-state index is -0.513. The van der Waals surface area contributed by atoms with Gasteiger partial charge in [-0.05, 0) is 49.5 Å². The molecule has 27 heavy (non-hydrogen) atoms. The lowest BCUT2D eigenvalue weighted by Gasteiger charge is -2.13. The number of nitro groups is 1. The smallest absolute Gasteiger partial charge is 0.341 e. The summed E-state index contributed by atoms with van der Waals surface area (Å²) in [6, 6.07) is 4.04. The highest BCUT2D eigenvalue weighted by molar-refractivity contribution is 7.80. The van der Waals surface area contributed by atoms with Gasteiger partial charge in [-0.2, -0.15) is 0 Å². The van der Waals surface area contributed by atoms with Crippen molar-refractivity contribution < 1.29 is 14.5 Å². The molecule has 1 aliphatic carbocycles. The molecule has 0 saturated heterocycles. The summed E-state index contributed by atoms with van der Waals surface area (Å²) in [7, 11) is 1.35. The molecule has 7 nitrogen and oxygen atoms in total. The first-order chi connectivity index (χ1) is 12.9. The maximum Gasteiger partial charge on any atom is 0.341 e. The van der Waals surface area contributed by atoms with Crippen LogP contribution in [0.3, 0.4) is 0 Å². The van der Waals surface area contributed by atoms with Gasteiger partial charge in [0.25, 0.3) is 5.69 Å². The van der Waals surface area contributed by atoms with Crippen LogP contribution in [-0.2, 0) is 17.6 Å². The van der Waals surface area contributed by atoms with Crippen LogP contribution in [0.1, 0.15) is 33.6 Å². The normalized spacial score (nSPS) is 12.8. The molecule has 0 aliphatic heterocycles. The summed E-state index contributed by atoms with van der Waals surface area (Å²) in [5.41, 5.74) is 1.72. The van der Waals surface area contributed by atoms with E-state index in [1.807, 2.05) is 0 Å². The van der Waals surface area contributed by atoms with Gasteiger partial charge < -0.3 is 15.4 Å². The Hall–Kier alpha value is -2.23. The average molecular weight is 426 g/mol. The number of anilines is 2. The van der Waals surface area contributed by atoms with E-state index in [1.54, 1.807) is 0 Å². The van der Waals surface area contributed by atoms with E-state index in [2.05, 4.69) is 10.6 Å². The number of carbonyl (C=O) groups is 1. The number of carbonyl (C=O) groups excluding carboxylic acids is 1. The molecule has 2 aromatic rings. The Morgan fingerprint density at radius 1 is 1.33 bits per heavy atom. The van der Waals surface area contributed by atoms with Crippen LogP contribution in [-0.4, -0.2) is 23.1 Å². The zero-order valence-electron chi connectivity index (χ0n) is 14.3. The highest BCUT2D eigenvalue weighted by Gasteiger charge is 2.26. The number of ether oxygens (including phenoxy) is 1. The molecule has 0 bridgehead atoms. The molecule has 0 amide bonds. The van der Waals surface area contributed by atoms with Crippen molar-refractivity contribution in [1.82, 2.24) is 0 Å². The summed E-state index contributed by atoms with van der Waals surface area (Å²) in [5, 5.41) is 17.9. The number of thiocarbonyl (C=S) groups is 1. The molecule has 1 aromatic heterocycles. The minimum Gasteiger partial charge on any atom is -0.465 e. The summed E-state index contributed by atoms with van der Waals surface area (Å²) in [4.78, 5) is 23.8. The summed E-state index contributed by atoms with van der Waals surface area (Å²) >= 11 is 12.9. The molecule has 1 aliphatic rings. The summed E-state index contributed by atoms with van der Waals surface area (Å²) < 4.78 is 4.93. The molecule has 0 radical (unpaired) electrons. The molecule has 0 atom stereocenters. The second-order valence-corrected chi connectivity index (χ2v) is 7.83. The highest BCUT2D eigenvalue weighted by atomic mass is 35.5. The van der Waals surface area contributed by atoms with E-state index >= 15 is 0 Å². The quantitative estimate of drug-likeness (QED) is 0.315. The number of fused-ring (bicyclic) bond motifs is 1. The average Bonchev–Trinajstić information content (AvgIpc) is 3.00. The van der Waals surface area contributed by atoms with E-state index in [-0.39, 0.29) is 10.8 Å². The number of rotatable bonds is 4. The van der Waals surface area contributed by atoms with Crippen molar-refractivity contribution in [3.8, 4) is 0 Å². The molecule has 10 heteroatoms. The number of nitrogens with zero attached hydrogens (tertiary/aromatic N) is 1. The van der Waals surface area contributed by atoms with Gasteiger partial charge in [0.15, 0.2) is 5.11 Å². The number of nitrogens with one attached hydrogen (secondary N) is 2. The first-order valence-electron chi connectivity index (χ1n) is 8.15. The largest absolute Gasteiger partial charge is 0.465 e. The molecule has 1 heterocycles. The molecule has 0 spiro atoms. The van der Waals surface area contributed by atoms with Gasteiger partial charge in [-0.25, -0.2) is 4.79 Å². The van der Waals surface area contributed by atoms with Gasteiger partial charge >= 0.3 is 5.97 Å². The van der Waals surface area contributed by atoms with E-state index in [1.165, 1.54) is 36.6 Å². The molecule has 0 saturated carbocycles. The van der Waals surface area contributed by atoms with Crippen LogP contribution >= 0.6 is 35.2 Å². The second-order valence-electron chi connectivity index (χ2n) is 5.91. The third-order valence-corrected chi connectivity index (χ3v) is 5.94. The Kier molecular flexibility index (Phi) is 5.93. The molecule has 2 N–H and O–H groups in total. The lowest BCUT2D eigenvalue weighted by atomic mass is 9.95. The van der Waals surface area contributed by atoms with Gasteiger partial charge in [-0.1, -0.05) is 11.6 Å². The minimum absolute atomic E-state index is 0.105. The third-order valence-electron chi connectivity index (χ3n) is 4.20. The van der Waals surface area contributed by atoms with E-state index < -0.39 is 10.9 Å². The van der Waals surface area contributed by atoms with Gasteiger partial charge in [0.05, 0.1) is 28.3 Å². The van der Waals surface area contributed by atoms with E-state index in [9.17, 15) is 14.9 Å². The summed E-state index contributed by atoms with van der Waals surface area (Å²) in [5.74, 6) is -0.409. The fraction of sp³-hybridized carbons (Fsp3) is 0.294. The number of hydrogen-bond donors (Lipinski definition) is 2. The van der Waals surface area contributed by atoms with Crippen molar-refractivity contribution in [2.75, 3.05) is 17.7 Å². The Labute approximate surface area is 169 Å². The Bertz CT molecular complexity index is 929. The van der Waals surface area contributed by atoms with Crippen LogP contribution in [0.25, 0.3) is 0 Å².